The number of aliphatic hydroxyl groups is 1. The van der Waals surface area contributed by atoms with Gasteiger partial charge in [-0.25, -0.2) is 4.98 Å². The fourth-order valence-corrected chi connectivity index (χ4v) is 2.58. The van der Waals surface area contributed by atoms with E-state index in [1.807, 2.05) is 42.1 Å². The van der Waals surface area contributed by atoms with Crippen LogP contribution in [0.5, 0.6) is 5.75 Å². The lowest BCUT2D eigenvalue weighted by Crippen LogP contribution is -2.18. The summed E-state index contributed by atoms with van der Waals surface area (Å²) in [5.74, 6) is 1.39. The smallest absolute Gasteiger partial charge is 0.167 e. The van der Waals surface area contributed by atoms with E-state index in [4.69, 9.17) is 9.47 Å². The highest BCUT2D eigenvalue weighted by Gasteiger charge is 2.08. The van der Waals surface area contributed by atoms with Crippen LogP contribution < -0.4 is 4.74 Å². The second-order valence-electron chi connectivity index (χ2n) is 4.65. The molecule has 0 bridgehead atoms. The lowest BCUT2D eigenvalue weighted by molar-refractivity contribution is 0.0397. The van der Waals surface area contributed by atoms with Crippen LogP contribution in [0.25, 0.3) is 0 Å². The number of benzene rings is 1. The summed E-state index contributed by atoms with van der Waals surface area (Å²) in [7, 11) is 3.57. The molecule has 6 heteroatoms. The maximum Gasteiger partial charge on any atom is 0.167 e. The second kappa shape index (κ2) is 8.07. The van der Waals surface area contributed by atoms with Crippen molar-refractivity contribution in [3.05, 3.63) is 42.2 Å². The van der Waals surface area contributed by atoms with Gasteiger partial charge in [0.25, 0.3) is 0 Å². The van der Waals surface area contributed by atoms with Gasteiger partial charge >= 0.3 is 0 Å². The van der Waals surface area contributed by atoms with Gasteiger partial charge in [0.1, 0.15) is 5.75 Å². The van der Waals surface area contributed by atoms with Crippen LogP contribution in [0.4, 0.5) is 0 Å². The molecular weight excluding hydrogens is 288 g/mol. The number of methoxy groups -OCH3 is 1. The van der Waals surface area contributed by atoms with Gasteiger partial charge < -0.3 is 19.1 Å². The van der Waals surface area contributed by atoms with E-state index >= 15 is 0 Å². The molecule has 0 aliphatic carbocycles. The number of aryl methyl sites for hydroxylation is 1. The SMILES string of the molecule is COc1ccc(COCC(O)CSc2nccn2C)cc1. The molecule has 0 aliphatic heterocycles. The third-order valence-electron chi connectivity index (χ3n) is 2.92. The molecule has 0 fully saturated rings. The summed E-state index contributed by atoms with van der Waals surface area (Å²) < 4.78 is 12.5. The molecule has 1 aromatic carbocycles. The van der Waals surface area contributed by atoms with Gasteiger partial charge in [-0.05, 0) is 17.7 Å². The number of aromatic nitrogens is 2. The minimum atomic E-state index is -0.509. The summed E-state index contributed by atoms with van der Waals surface area (Å²) in [4.78, 5) is 4.19. The van der Waals surface area contributed by atoms with Crippen LogP contribution >= 0.6 is 11.8 Å². The number of ether oxygens (including phenoxy) is 2. The molecule has 0 spiro atoms. The molecule has 21 heavy (non-hydrogen) atoms. The van der Waals surface area contributed by atoms with Crippen LogP contribution in [-0.4, -0.2) is 40.2 Å². The summed E-state index contributed by atoms with van der Waals surface area (Å²) in [5, 5.41) is 10.8. The predicted molar refractivity (Wildman–Crippen MR) is 82.6 cm³/mol. The Balaban J connectivity index is 1.66. The fourth-order valence-electron chi connectivity index (χ4n) is 1.74. The predicted octanol–water partition coefficient (Wildman–Crippen LogP) is 2.10. The lowest BCUT2D eigenvalue weighted by atomic mass is 10.2. The van der Waals surface area contributed by atoms with Gasteiger partial charge in [0, 0.05) is 25.2 Å². The number of imidazole rings is 1. The molecule has 0 amide bonds. The molecule has 2 aromatic rings. The molecule has 1 atom stereocenters. The highest BCUT2D eigenvalue weighted by atomic mass is 32.2. The Hall–Kier alpha value is -1.50. The van der Waals surface area contributed by atoms with Crippen molar-refractivity contribution in [2.45, 2.75) is 17.9 Å². The van der Waals surface area contributed by atoms with Crippen molar-refractivity contribution in [3.63, 3.8) is 0 Å². The van der Waals surface area contributed by atoms with E-state index in [2.05, 4.69) is 4.98 Å². The maximum atomic E-state index is 9.90. The minimum Gasteiger partial charge on any atom is -0.497 e. The summed E-state index contributed by atoms with van der Waals surface area (Å²) in [6.45, 7) is 0.789. The molecule has 2 rings (SSSR count). The monoisotopic (exact) mass is 308 g/mol. The van der Waals surface area contributed by atoms with Gasteiger partial charge in [0.05, 0.1) is 26.4 Å². The Morgan fingerprint density at radius 3 is 2.71 bits per heavy atom. The summed E-state index contributed by atoms with van der Waals surface area (Å²) in [6, 6.07) is 7.69. The van der Waals surface area contributed by atoms with Crippen molar-refractivity contribution >= 4 is 11.8 Å². The standard InChI is InChI=1S/C15H20N2O3S/c1-17-8-7-16-15(17)21-11-13(18)10-20-9-12-3-5-14(19-2)6-4-12/h3-8,13,18H,9-11H2,1-2H3. The van der Waals surface area contributed by atoms with Crippen molar-refractivity contribution < 1.29 is 14.6 Å². The van der Waals surface area contributed by atoms with Gasteiger partial charge in [-0.1, -0.05) is 23.9 Å². The van der Waals surface area contributed by atoms with Crippen molar-refractivity contribution in [3.8, 4) is 5.75 Å². The van der Waals surface area contributed by atoms with Crippen molar-refractivity contribution in [1.29, 1.82) is 0 Å². The van der Waals surface area contributed by atoms with E-state index in [0.717, 1.165) is 16.5 Å². The minimum absolute atomic E-state index is 0.309. The average molecular weight is 308 g/mol. The van der Waals surface area contributed by atoms with E-state index < -0.39 is 6.10 Å². The summed E-state index contributed by atoms with van der Waals surface area (Å²) >= 11 is 1.52. The van der Waals surface area contributed by atoms with E-state index in [-0.39, 0.29) is 0 Å². The largest absolute Gasteiger partial charge is 0.497 e. The number of thioether (sulfide) groups is 1. The van der Waals surface area contributed by atoms with Crippen LogP contribution in [0, 0.1) is 0 Å². The van der Waals surface area contributed by atoms with Gasteiger partial charge in [-0.3, -0.25) is 0 Å². The highest BCUT2D eigenvalue weighted by molar-refractivity contribution is 7.99. The highest BCUT2D eigenvalue weighted by Crippen LogP contribution is 2.16. The Morgan fingerprint density at radius 1 is 1.33 bits per heavy atom. The third kappa shape index (κ3) is 5.08. The van der Waals surface area contributed by atoms with Crippen molar-refractivity contribution in [1.82, 2.24) is 9.55 Å². The van der Waals surface area contributed by atoms with Crippen LogP contribution in [0.2, 0.25) is 0 Å². The first kappa shape index (κ1) is 15.9. The van der Waals surface area contributed by atoms with E-state index in [9.17, 15) is 5.11 Å². The zero-order chi connectivity index (χ0) is 15.1. The maximum absolute atomic E-state index is 9.90. The molecule has 114 valence electrons. The molecule has 1 N–H and O–H groups in total. The Kier molecular flexibility index (Phi) is 6.10. The lowest BCUT2D eigenvalue weighted by Gasteiger charge is -2.11. The average Bonchev–Trinajstić information content (AvgIpc) is 2.91. The molecule has 1 unspecified atom stereocenters. The molecule has 0 aliphatic rings. The fraction of sp³-hybridized carbons (Fsp3) is 0.400. The van der Waals surface area contributed by atoms with E-state index in [1.54, 1.807) is 13.3 Å². The summed E-state index contributed by atoms with van der Waals surface area (Å²) in [6.07, 6.45) is 3.12. The normalized spacial score (nSPS) is 12.3. The third-order valence-corrected chi connectivity index (χ3v) is 4.12. The van der Waals surface area contributed by atoms with Crippen molar-refractivity contribution in [2.24, 2.45) is 7.05 Å². The van der Waals surface area contributed by atoms with Gasteiger partial charge in [0.15, 0.2) is 5.16 Å². The van der Waals surface area contributed by atoms with Gasteiger partial charge in [0.2, 0.25) is 0 Å². The molecule has 1 aromatic heterocycles. The number of hydrogen-bond donors (Lipinski definition) is 1. The zero-order valence-corrected chi connectivity index (χ0v) is 13.0. The molecule has 0 radical (unpaired) electrons. The quantitative estimate of drug-likeness (QED) is 0.757. The molecule has 0 saturated carbocycles. The van der Waals surface area contributed by atoms with Crippen LogP contribution in [-0.2, 0) is 18.4 Å². The van der Waals surface area contributed by atoms with Crippen LogP contribution in [0.15, 0.2) is 41.8 Å². The van der Waals surface area contributed by atoms with E-state index in [0.29, 0.717) is 19.0 Å². The molecule has 1 heterocycles. The second-order valence-corrected chi connectivity index (χ2v) is 5.64. The van der Waals surface area contributed by atoms with Crippen molar-refractivity contribution in [2.75, 3.05) is 19.5 Å². The van der Waals surface area contributed by atoms with Gasteiger partial charge in [-0.2, -0.15) is 0 Å². The zero-order valence-electron chi connectivity index (χ0n) is 12.2. The van der Waals surface area contributed by atoms with Crippen LogP contribution in [0.1, 0.15) is 5.56 Å². The first-order valence-electron chi connectivity index (χ1n) is 6.68. The molecule has 5 nitrogen and oxygen atoms in total. The summed E-state index contributed by atoms with van der Waals surface area (Å²) in [5.41, 5.74) is 1.06. The van der Waals surface area contributed by atoms with E-state index in [1.165, 1.54) is 11.8 Å². The first-order chi connectivity index (χ1) is 10.2. The number of nitrogens with zero attached hydrogens (tertiary/aromatic N) is 2. The topological polar surface area (TPSA) is 56.5 Å². The molecular formula is C15H20N2O3S. The number of aliphatic hydroxyl groups excluding tert-OH is 1. The Bertz CT molecular complexity index is 542. The number of hydrogen-bond acceptors (Lipinski definition) is 5. The van der Waals surface area contributed by atoms with Crippen LogP contribution in [0.3, 0.4) is 0 Å². The molecule has 0 saturated heterocycles. The number of rotatable bonds is 8. The van der Waals surface area contributed by atoms with Gasteiger partial charge in [-0.15, -0.1) is 0 Å². The Labute approximate surface area is 128 Å². The Morgan fingerprint density at radius 2 is 2.10 bits per heavy atom. The first-order valence-corrected chi connectivity index (χ1v) is 7.66.